The van der Waals surface area contributed by atoms with Gasteiger partial charge in [0.05, 0.1) is 0 Å². The number of nitrogens with zero attached hydrogens (tertiary/aromatic N) is 3. The highest BCUT2D eigenvalue weighted by atomic mass is 32.1. The quantitative estimate of drug-likeness (QED) is 0.378. The molecule has 1 aliphatic carbocycles. The number of nitrogens with one attached hydrogen (secondary N) is 2. The number of benzene rings is 1. The average molecular weight is 510 g/mol. The van der Waals surface area contributed by atoms with Crippen LogP contribution in [-0.4, -0.2) is 34.7 Å². The Morgan fingerprint density at radius 1 is 1.11 bits per heavy atom. The van der Waals surface area contributed by atoms with Gasteiger partial charge in [-0.1, -0.05) is 38.3 Å². The van der Waals surface area contributed by atoms with Crippen molar-refractivity contribution in [2.24, 2.45) is 5.92 Å². The van der Waals surface area contributed by atoms with Crippen molar-refractivity contribution < 1.29 is 17.6 Å². The van der Waals surface area contributed by atoms with Crippen LogP contribution in [0.3, 0.4) is 0 Å². The maximum Gasteiger partial charge on any atom is 0.433 e. The topological polar surface area (TPSA) is 53.1 Å². The third kappa shape index (κ3) is 6.39. The van der Waals surface area contributed by atoms with E-state index in [-0.39, 0.29) is 28.1 Å². The number of halogens is 4. The highest BCUT2D eigenvalue weighted by Crippen LogP contribution is 2.39. The van der Waals surface area contributed by atoms with E-state index in [1.807, 2.05) is 4.90 Å². The first-order chi connectivity index (χ1) is 16.6. The molecule has 2 N–H and O–H groups in total. The smallest absolute Gasteiger partial charge is 0.361 e. The molecule has 1 saturated carbocycles. The fourth-order valence-electron chi connectivity index (χ4n) is 5.19. The predicted octanol–water partition coefficient (Wildman–Crippen LogP) is 6.06. The van der Waals surface area contributed by atoms with E-state index in [0.29, 0.717) is 25.6 Å². The second-order valence-electron chi connectivity index (χ2n) is 9.78. The van der Waals surface area contributed by atoms with Crippen molar-refractivity contribution in [1.29, 1.82) is 0 Å². The van der Waals surface area contributed by atoms with E-state index in [1.54, 1.807) is 12.1 Å². The SMILES string of the molecule is C[C@H]1CCCN(c2cc(C(F)(F)F)nc(NC(=S)NCC3(c4ccc(F)cc4)CCCCC3)n2)C1. The fraction of sp³-hybridized carbons (Fsp3) is 0.560. The number of rotatable bonds is 5. The molecule has 1 aromatic heterocycles. The normalized spacial score (nSPS) is 20.4. The monoisotopic (exact) mass is 509 g/mol. The van der Waals surface area contributed by atoms with Crippen LogP contribution in [0.2, 0.25) is 0 Å². The lowest BCUT2D eigenvalue weighted by molar-refractivity contribution is -0.141. The van der Waals surface area contributed by atoms with Gasteiger partial charge in [-0.25, -0.2) is 9.37 Å². The number of thiocarbonyl (C=S) groups is 1. The molecule has 0 amide bonds. The molecule has 2 aromatic rings. The molecule has 4 rings (SSSR count). The van der Waals surface area contributed by atoms with Gasteiger partial charge < -0.3 is 15.5 Å². The van der Waals surface area contributed by atoms with E-state index in [4.69, 9.17) is 12.2 Å². The molecule has 190 valence electrons. The summed E-state index contributed by atoms with van der Waals surface area (Å²) in [6, 6.07) is 7.54. The zero-order valence-electron chi connectivity index (χ0n) is 19.8. The second-order valence-corrected chi connectivity index (χ2v) is 10.2. The third-order valence-electron chi connectivity index (χ3n) is 7.06. The van der Waals surface area contributed by atoms with E-state index in [2.05, 4.69) is 27.5 Å². The van der Waals surface area contributed by atoms with E-state index in [9.17, 15) is 17.6 Å². The van der Waals surface area contributed by atoms with E-state index in [1.165, 1.54) is 12.1 Å². The predicted molar refractivity (Wildman–Crippen MR) is 133 cm³/mol. The van der Waals surface area contributed by atoms with Crippen LogP contribution in [0, 0.1) is 11.7 Å². The van der Waals surface area contributed by atoms with Crippen LogP contribution in [0.25, 0.3) is 0 Å². The van der Waals surface area contributed by atoms with Crippen LogP contribution in [-0.2, 0) is 11.6 Å². The zero-order chi connectivity index (χ0) is 25.1. The molecule has 2 heterocycles. The van der Waals surface area contributed by atoms with Crippen molar-refractivity contribution in [3.63, 3.8) is 0 Å². The largest absolute Gasteiger partial charge is 0.433 e. The molecule has 2 aliphatic rings. The molecule has 1 aromatic carbocycles. The van der Waals surface area contributed by atoms with Crippen LogP contribution in [0.4, 0.5) is 29.3 Å². The maximum atomic E-state index is 13.6. The molecular formula is C25H31F4N5S. The van der Waals surface area contributed by atoms with Gasteiger partial charge in [-0.15, -0.1) is 0 Å². The Kier molecular flexibility index (Phi) is 7.78. The van der Waals surface area contributed by atoms with Crippen LogP contribution < -0.4 is 15.5 Å². The summed E-state index contributed by atoms with van der Waals surface area (Å²) in [5.41, 5.74) is -0.187. The van der Waals surface area contributed by atoms with Gasteiger partial charge in [-0.3, -0.25) is 0 Å². The van der Waals surface area contributed by atoms with Gasteiger partial charge in [0.1, 0.15) is 11.6 Å². The lowest BCUT2D eigenvalue weighted by Crippen LogP contribution is -2.43. The molecule has 1 atom stereocenters. The van der Waals surface area contributed by atoms with Gasteiger partial charge >= 0.3 is 6.18 Å². The average Bonchev–Trinajstić information content (AvgIpc) is 2.83. The molecule has 0 unspecified atom stereocenters. The number of anilines is 2. The van der Waals surface area contributed by atoms with E-state index < -0.39 is 11.9 Å². The summed E-state index contributed by atoms with van der Waals surface area (Å²) in [6.45, 7) is 3.87. The lowest BCUT2D eigenvalue weighted by atomic mass is 9.69. The molecule has 1 aliphatic heterocycles. The van der Waals surface area contributed by atoms with Crippen molar-refractivity contribution >= 4 is 29.1 Å². The summed E-state index contributed by atoms with van der Waals surface area (Å²) in [5.74, 6) is 0.167. The van der Waals surface area contributed by atoms with E-state index in [0.717, 1.165) is 56.6 Å². The summed E-state index contributed by atoms with van der Waals surface area (Å²) in [6.07, 6.45) is 2.43. The Bertz CT molecular complexity index is 1020. The molecule has 5 nitrogen and oxygen atoms in total. The number of piperidine rings is 1. The number of alkyl halides is 3. The maximum absolute atomic E-state index is 13.6. The number of aromatic nitrogens is 2. The van der Waals surface area contributed by atoms with Gasteiger partial charge in [0, 0.05) is 31.1 Å². The van der Waals surface area contributed by atoms with Crippen molar-refractivity contribution in [2.75, 3.05) is 29.9 Å². The first kappa shape index (κ1) is 25.6. The number of hydrogen-bond donors (Lipinski definition) is 2. The van der Waals surface area contributed by atoms with Gasteiger partial charge in [-0.05, 0) is 61.5 Å². The lowest BCUT2D eigenvalue weighted by Gasteiger charge is -2.38. The van der Waals surface area contributed by atoms with Crippen LogP contribution in [0.15, 0.2) is 30.3 Å². The highest BCUT2D eigenvalue weighted by molar-refractivity contribution is 7.80. The Labute approximate surface area is 208 Å². The van der Waals surface area contributed by atoms with Gasteiger partial charge in [0.25, 0.3) is 0 Å². The van der Waals surface area contributed by atoms with Crippen LogP contribution >= 0.6 is 12.2 Å². The molecular weight excluding hydrogens is 478 g/mol. The minimum Gasteiger partial charge on any atom is -0.361 e. The number of hydrogen-bond acceptors (Lipinski definition) is 4. The van der Waals surface area contributed by atoms with Crippen molar-refractivity contribution in [3.8, 4) is 0 Å². The molecule has 0 bridgehead atoms. The van der Waals surface area contributed by atoms with Crippen LogP contribution in [0.5, 0.6) is 0 Å². The van der Waals surface area contributed by atoms with Crippen molar-refractivity contribution in [2.45, 2.75) is 63.5 Å². The Balaban J connectivity index is 1.50. The second kappa shape index (κ2) is 10.6. The summed E-state index contributed by atoms with van der Waals surface area (Å²) in [5, 5.41) is 6.11. The first-order valence-electron chi connectivity index (χ1n) is 12.2. The van der Waals surface area contributed by atoms with Gasteiger partial charge in [0.2, 0.25) is 5.95 Å². The Hall–Kier alpha value is -2.49. The molecule has 2 fully saturated rings. The molecule has 0 radical (unpaired) electrons. The van der Waals surface area contributed by atoms with Gasteiger partial charge in [0.15, 0.2) is 10.8 Å². The summed E-state index contributed by atoms with van der Waals surface area (Å²) >= 11 is 5.42. The molecule has 0 spiro atoms. The van der Waals surface area contributed by atoms with Crippen molar-refractivity contribution in [3.05, 3.63) is 47.4 Å². The molecule has 1 saturated heterocycles. The first-order valence-corrected chi connectivity index (χ1v) is 12.6. The van der Waals surface area contributed by atoms with Crippen molar-refractivity contribution in [1.82, 2.24) is 15.3 Å². The minimum absolute atomic E-state index is 0.161. The molecule has 35 heavy (non-hydrogen) atoms. The summed E-state index contributed by atoms with van der Waals surface area (Å²) in [7, 11) is 0. The van der Waals surface area contributed by atoms with Gasteiger partial charge in [-0.2, -0.15) is 18.2 Å². The highest BCUT2D eigenvalue weighted by Gasteiger charge is 2.36. The minimum atomic E-state index is -4.60. The Morgan fingerprint density at radius 2 is 1.83 bits per heavy atom. The third-order valence-corrected chi connectivity index (χ3v) is 7.31. The summed E-state index contributed by atoms with van der Waals surface area (Å²) in [4.78, 5) is 9.93. The Morgan fingerprint density at radius 3 is 2.49 bits per heavy atom. The van der Waals surface area contributed by atoms with Crippen LogP contribution in [0.1, 0.15) is 63.1 Å². The molecule has 10 heteroatoms. The van der Waals surface area contributed by atoms with E-state index >= 15 is 0 Å². The zero-order valence-corrected chi connectivity index (χ0v) is 20.6. The standard InChI is InChI=1S/C25H31F4N5S/c1-17-6-5-13-34(15-17)21-14-20(25(27,28)29)31-22(32-21)33-23(35)30-16-24(11-3-2-4-12-24)18-7-9-19(26)10-8-18/h7-10,14,17H,2-6,11-13,15-16H2,1H3,(H2,30,31,32,33,35)/t17-/m0/s1. The fourth-order valence-corrected chi connectivity index (χ4v) is 5.35. The summed E-state index contributed by atoms with van der Waals surface area (Å²) < 4.78 is 54.2.